The number of hydrogen-bond donors (Lipinski definition) is 4. The summed E-state index contributed by atoms with van der Waals surface area (Å²) in [7, 11) is 0. The van der Waals surface area contributed by atoms with E-state index in [4.69, 9.17) is 0 Å². The standard InChI is InChI=1S/C33H34N4O5/c38-29(17-16-23-10-4-1-5-11-23)36-28(20-24-12-6-2-7-13-24)32(41)37-27(21-26-18-19-34-31(26)40)30(39)33(42)35-22-25-14-8-3-9-15-25/h1-17,26-28H,18-22H2,(H,34,40)(H,35,42)(H,36,38)(H,37,41). The molecule has 0 bridgehead atoms. The zero-order valence-corrected chi connectivity index (χ0v) is 23.1. The van der Waals surface area contributed by atoms with Crippen LogP contribution in [0.4, 0.5) is 0 Å². The second kappa shape index (κ2) is 15.1. The fraction of sp³-hybridized carbons (Fsp3) is 0.242. The third kappa shape index (κ3) is 8.99. The number of amides is 4. The Hall–Kier alpha value is -5.05. The maximum atomic E-state index is 13.6. The molecule has 9 heteroatoms. The van der Waals surface area contributed by atoms with Crippen molar-refractivity contribution in [2.45, 2.75) is 37.9 Å². The Morgan fingerprint density at radius 2 is 1.43 bits per heavy atom. The quantitative estimate of drug-likeness (QED) is 0.186. The van der Waals surface area contributed by atoms with Crippen LogP contribution >= 0.6 is 0 Å². The molecule has 3 unspecified atom stereocenters. The molecule has 0 saturated carbocycles. The Kier molecular flexibility index (Phi) is 10.7. The molecule has 1 aliphatic heterocycles. The first-order chi connectivity index (χ1) is 20.4. The van der Waals surface area contributed by atoms with Crippen molar-refractivity contribution in [3.05, 3.63) is 114 Å². The smallest absolute Gasteiger partial charge is 0.289 e. The monoisotopic (exact) mass is 566 g/mol. The summed E-state index contributed by atoms with van der Waals surface area (Å²) in [6, 6.07) is 25.2. The number of carbonyl (C=O) groups excluding carboxylic acids is 5. The highest BCUT2D eigenvalue weighted by Crippen LogP contribution is 2.17. The number of ketones is 1. The summed E-state index contributed by atoms with van der Waals surface area (Å²) in [4.78, 5) is 64.9. The highest BCUT2D eigenvalue weighted by Gasteiger charge is 2.35. The number of nitrogens with one attached hydrogen (secondary N) is 4. The molecule has 4 amide bonds. The van der Waals surface area contributed by atoms with Crippen LogP contribution in [0.2, 0.25) is 0 Å². The van der Waals surface area contributed by atoms with Gasteiger partial charge in [-0.05, 0) is 35.6 Å². The lowest BCUT2D eigenvalue weighted by atomic mass is 9.94. The molecule has 0 aromatic heterocycles. The Morgan fingerprint density at radius 1 is 0.810 bits per heavy atom. The molecule has 4 N–H and O–H groups in total. The van der Waals surface area contributed by atoms with Gasteiger partial charge in [0, 0.05) is 31.5 Å². The maximum Gasteiger partial charge on any atom is 0.289 e. The molecule has 9 nitrogen and oxygen atoms in total. The van der Waals surface area contributed by atoms with Crippen molar-refractivity contribution in [1.29, 1.82) is 0 Å². The predicted molar refractivity (Wildman–Crippen MR) is 159 cm³/mol. The van der Waals surface area contributed by atoms with E-state index in [9.17, 15) is 24.0 Å². The summed E-state index contributed by atoms with van der Waals surface area (Å²) in [6.07, 6.45) is 3.58. The zero-order chi connectivity index (χ0) is 29.7. The summed E-state index contributed by atoms with van der Waals surface area (Å²) in [5, 5.41) is 10.7. The number of Topliss-reactive ketones (excluding diaryl/α,β-unsaturated/α-hetero) is 1. The first kappa shape index (κ1) is 29.9. The Bertz CT molecular complexity index is 1410. The second-order valence-electron chi connectivity index (χ2n) is 10.1. The van der Waals surface area contributed by atoms with Crippen LogP contribution in [-0.2, 0) is 36.9 Å². The molecule has 3 aromatic carbocycles. The molecule has 1 saturated heterocycles. The van der Waals surface area contributed by atoms with E-state index in [1.165, 1.54) is 6.08 Å². The van der Waals surface area contributed by atoms with Crippen LogP contribution < -0.4 is 21.3 Å². The molecule has 1 fully saturated rings. The highest BCUT2D eigenvalue weighted by atomic mass is 16.2. The van der Waals surface area contributed by atoms with E-state index >= 15 is 0 Å². The molecular formula is C33H34N4O5. The first-order valence-corrected chi connectivity index (χ1v) is 13.9. The van der Waals surface area contributed by atoms with Crippen molar-refractivity contribution in [1.82, 2.24) is 21.3 Å². The lowest BCUT2D eigenvalue weighted by molar-refractivity contribution is -0.141. The molecule has 1 aliphatic rings. The van der Waals surface area contributed by atoms with Gasteiger partial charge in [-0.25, -0.2) is 0 Å². The van der Waals surface area contributed by atoms with Crippen LogP contribution in [0.15, 0.2) is 97.1 Å². The van der Waals surface area contributed by atoms with Crippen molar-refractivity contribution in [2.24, 2.45) is 5.92 Å². The first-order valence-electron chi connectivity index (χ1n) is 13.9. The van der Waals surface area contributed by atoms with E-state index in [0.29, 0.717) is 13.0 Å². The number of rotatable bonds is 13. The molecule has 0 spiro atoms. The molecule has 3 atom stereocenters. The van der Waals surface area contributed by atoms with Gasteiger partial charge in [0.25, 0.3) is 5.91 Å². The Labute approximate surface area is 244 Å². The Morgan fingerprint density at radius 3 is 2.05 bits per heavy atom. The van der Waals surface area contributed by atoms with Crippen molar-refractivity contribution < 1.29 is 24.0 Å². The third-order valence-electron chi connectivity index (χ3n) is 6.98. The second-order valence-corrected chi connectivity index (χ2v) is 10.1. The summed E-state index contributed by atoms with van der Waals surface area (Å²) in [6.45, 7) is 0.593. The number of benzene rings is 3. The summed E-state index contributed by atoms with van der Waals surface area (Å²) in [5.41, 5.74) is 2.42. The van der Waals surface area contributed by atoms with Gasteiger partial charge in [0.05, 0.1) is 6.04 Å². The van der Waals surface area contributed by atoms with E-state index in [2.05, 4.69) is 21.3 Å². The van der Waals surface area contributed by atoms with E-state index in [0.717, 1.165) is 16.7 Å². The van der Waals surface area contributed by atoms with Crippen molar-refractivity contribution >= 4 is 35.5 Å². The minimum atomic E-state index is -1.25. The van der Waals surface area contributed by atoms with Gasteiger partial charge < -0.3 is 21.3 Å². The third-order valence-corrected chi connectivity index (χ3v) is 6.98. The van der Waals surface area contributed by atoms with Gasteiger partial charge in [-0.3, -0.25) is 24.0 Å². The fourth-order valence-electron chi connectivity index (χ4n) is 4.70. The molecule has 42 heavy (non-hydrogen) atoms. The average molecular weight is 567 g/mol. The average Bonchev–Trinajstić information content (AvgIpc) is 3.43. The Balaban J connectivity index is 1.49. The molecule has 4 rings (SSSR count). The SMILES string of the molecule is O=C(C=Cc1ccccc1)NC(Cc1ccccc1)C(=O)NC(CC1CCNC1=O)C(=O)C(=O)NCc1ccccc1. The lowest BCUT2D eigenvalue weighted by Gasteiger charge is -2.24. The van der Waals surface area contributed by atoms with Crippen LogP contribution in [-0.4, -0.2) is 48.0 Å². The van der Waals surface area contributed by atoms with Gasteiger partial charge >= 0.3 is 0 Å². The highest BCUT2D eigenvalue weighted by molar-refractivity contribution is 6.38. The minimum absolute atomic E-state index is 0.0327. The molecule has 0 aliphatic carbocycles. The van der Waals surface area contributed by atoms with Crippen molar-refractivity contribution in [3.8, 4) is 0 Å². The van der Waals surface area contributed by atoms with E-state index in [1.54, 1.807) is 6.08 Å². The van der Waals surface area contributed by atoms with Crippen molar-refractivity contribution in [3.63, 3.8) is 0 Å². The van der Waals surface area contributed by atoms with Gasteiger partial charge in [0.1, 0.15) is 6.04 Å². The van der Waals surface area contributed by atoms with Crippen molar-refractivity contribution in [2.75, 3.05) is 6.54 Å². The fourth-order valence-corrected chi connectivity index (χ4v) is 4.70. The van der Waals surface area contributed by atoms with Gasteiger partial charge in [-0.2, -0.15) is 0 Å². The van der Waals surface area contributed by atoms with Gasteiger partial charge in [-0.15, -0.1) is 0 Å². The summed E-state index contributed by atoms with van der Waals surface area (Å²) < 4.78 is 0. The lowest BCUT2D eigenvalue weighted by Crippen LogP contribution is -2.55. The van der Waals surface area contributed by atoms with Crippen LogP contribution in [0, 0.1) is 5.92 Å². The predicted octanol–water partition coefficient (Wildman–Crippen LogP) is 2.32. The normalized spacial score (nSPS) is 15.8. The van der Waals surface area contributed by atoms with Gasteiger partial charge in [-0.1, -0.05) is 91.0 Å². The number of hydrogen-bond acceptors (Lipinski definition) is 5. The largest absolute Gasteiger partial charge is 0.356 e. The van der Waals surface area contributed by atoms with Crippen LogP contribution in [0.3, 0.4) is 0 Å². The van der Waals surface area contributed by atoms with Gasteiger partial charge in [0.2, 0.25) is 23.5 Å². The van der Waals surface area contributed by atoms with Crippen LogP contribution in [0.1, 0.15) is 29.5 Å². The van der Waals surface area contributed by atoms with Gasteiger partial charge in [0.15, 0.2) is 0 Å². The van der Waals surface area contributed by atoms with E-state index in [-0.39, 0.29) is 25.3 Å². The van der Waals surface area contributed by atoms with E-state index < -0.39 is 41.5 Å². The van der Waals surface area contributed by atoms with E-state index in [1.807, 2.05) is 91.0 Å². The summed E-state index contributed by atoms with van der Waals surface area (Å²) >= 11 is 0. The maximum absolute atomic E-state index is 13.6. The molecule has 216 valence electrons. The number of carbonyl (C=O) groups is 5. The zero-order valence-electron chi connectivity index (χ0n) is 23.1. The minimum Gasteiger partial charge on any atom is -0.356 e. The van der Waals surface area contributed by atoms with Crippen LogP contribution in [0.25, 0.3) is 6.08 Å². The van der Waals surface area contributed by atoms with Crippen LogP contribution in [0.5, 0.6) is 0 Å². The molecular weight excluding hydrogens is 532 g/mol. The summed E-state index contributed by atoms with van der Waals surface area (Å²) in [5.74, 6) is -3.60. The molecule has 0 radical (unpaired) electrons. The molecule has 3 aromatic rings. The topological polar surface area (TPSA) is 133 Å². The molecule has 1 heterocycles.